The average Bonchev–Trinajstić information content (AvgIpc) is 2.65. The van der Waals surface area contributed by atoms with E-state index in [1.54, 1.807) is 24.4 Å². The number of carbonyl (C=O) groups is 1. The lowest BCUT2D eigenvalue weighted by Gasteiger charge is -2.27. The van der Waals surface area contributed by atoms with Crippen LogP contribution in [-0.4, -0.2) is 32.1 Å². The van der Waals surface area contributed by atoms with Crippen LogP contribution < -0.4 is 5.56 Å². The SMILES string of the molecule is CC(OC(=O)c1nc(-c2ccccn2)[nH]c(=O)c1O)C1CCCCC1. The first-order valence-corrected chi connectivity index (χ1v) is 8.52. The van der Waals surface area contributed by atoms with E-state index in [0.29, 0.717) is 11.6 Å². The van der Waals surface area contributed by atoms with Crippen LogP contribution in [0.3, 0.4) is 0 Å². The Bertz CT molecular complexity index is 798. The number of aromatic amines is 1. The molecular weight excluding hydrogens is 322 g/mol. The van der Waals surface area contributed by atoms with Crippen molar-refractivity contribution in [3.8, 4) is 17.3 Å². The van der Waals surface area contributed by atoms with Gasteiger partial charge in [0.15, 0.2) is 11.5 Å². The van der Waals surface area contributed by atoms with Gasteiger partial charge in [-0.3, -0.25) is 9.78 Å². The highest BCUT2D eigenvalue weighted by Gasteiger charge is 2.26. The Kier molecular flexibility index (Phi) is 5.11. The van der Waals surface area contributed by atoms with Crippen molar-refractivity contribution in [2.75, 3.05) is 0 Å². The number of hydrogen-bond donors (Lipinski definition) is 2. The number of carbonyl (C=O) groups excluding carboxylic acids is 1. The Labute approximate surface area is 145 Å². The number of nitrogens with one attached hydrogen (secondary N) is 1. The van der Waals surface area contributed by atoms with Gasteiger partial charge in [0.2, 0.25) is 5.75 Å². The fraction of sp³-hybridized carbons (Fsp3) is 0.444. The van der Waals surface area contributed by atoms with E-state index in [0.717, 1.165) is 25.7 Å². The number of esters is 1. The van der Waals surface area contributed by atoms with Crippen LogP contribution >= 0.6 is 0 Å². The van der Waals surface area contributed by atoms with E-state index >= 15 is 0 Å². The molecule has 0 bridgehead atoms. The van der Waals surface area contributed by atoms with Crippen LogP contribution in [0.5, 0.6) is 5.75 Å². The summed E-state index contributed by atoms with van der Waals surface area (Å²) < 4.78 is 5.47. The highest BCUT2D eigenvalue weighted by Crippen LogP contribution is 2.28. The van der Waals surface area contributed by atoms with Crippen molar-refractivity contribution in [3.05, 3.63) is 40.4 Å². The van der Waals surface area contributed by atoms with E-state index in [2.05, 4.69) is 15.0 Å². The number of hydrogen-bond acceptors (Lipinski definition) is 6. The average molecular weight is 343 g/mol. The Morgan fingerprint density at radius 1 is 1.32 bits per heavy atom. The maximum Gasteiger partial charge on any atom is 0.361 e. The number of aromatic hydroxyl groups is 1. The molecule has 0 saturated heterocycles. The second-order valence-corrected chi connectivity index (χ2v) is 6.34. The summed E-state index contributed by atoms with van der Waals surface area (Å²) in [6.07, 6.45) is 6.76. The number of pyridine rings is 1. The molecule has 1 atom stereocenters. The second kappa shape index (κ2) is 7.46. The molecule has 1 unspecified atom stereocenters. The zero-order valence-corrected chi connectivity index (χ0v) is 14.1. The minimum atomic E-state index is -0.798. The van der Waals surface area contributed by atoms with Crippen LogP contribution in [0.1, 0.15) is 49.5 Å². The third-order valence-electron chi connectivity index (χ3n) is 4.60. The maximum atomic E-state index is 12.4. The fourth-order valence-corrected chi connectivity index (χ4v) is 3.16. The summed E-state index contributed by atoms with van der Waals surface area (Å²) in [7, 11) is 0. The summed E-state index contributed by atoms with van der Waals surface area (Å²) in [6, 6.07) is 5.11. The van der Waals surface area contributed by atoms with Crippen LogP contribution in [0.25, 0.3) is 11.5 Å². The van der Waals surface area contributed by atoms with Crippen molar-refractivity contribution in [3.63, 3.8) is 0 Å². The summed E-state index contributed by atoms with van der Waals surface area (Å²) in [5.41, 5.74) is -0.783. The largest absolute Gasteiger partial charge is 0.501 e. The molecule has 1 saturated carbocycles. The van der Waals surface area contributed by atoms with Crippen molar-refractivity contribution in [2.24, 2.45) is 5.92 Å². The van der Waals surface area contributed by atoms with Crippen molar-refractivity contribution < 1.29 is 14.6 Å². The Balaban J connectivity index is 1.84. The Morgan fingerprint density at radius 3 is 2.76 bits per heavy atom. The van der Waals surface area contributed by atoms with Gasteiger partial charge in [-0.25, -0.2) is 9.78 Å². The molecule has 2 aromatic rings. The zero-order chi connectivity index (χ0) is 17.8. The molecule has 25 heavy (non-hydrogen) atoms. The monoisotopic (exact) mass is 343 g/mol. The van der Waals surface area contributed by atoms with Crippen molar-refractivity contribution >= 4 is 5.97 Å². The van der Waals surface area contributed by atoms with E-state index in [-0.39, 0.29) is 17.6 Å². The molecule has 1 fully saturated rings. The molecule has 0 aromatic carbocycles. The molecule has 132 valence electrons. The van der Waals surface area contributed by atoms with Gasteiger partial charge in [-0.2, -0.15) is 0 Å². The fourth-order valence-electron chi connectivity index (χ4n) is 3.16. The number of rotatable bonds is 4. The highest BCUT2D eigenvalue weighted by molar-refractivity contribution is 5.90. The van der Waals surface area contributed by atoms with E-state index in [1.807, 2.05) is 6.92 Å². The van der Waals surface area contributed by atoms with Crippen LogP contribution in [0, 0.1) is 5.92 Å². The molecule has 2 heterocycles. The quantitative estimate of drug-likeness (QED) is 0.827. The summed E-state index contributed by atoms with van der Waals surface area (Å²) in [4.78, 5) is 34.9. The lowest BCUT2D eigenvalue weighted by atomic mass is 9.86. The summed E-state index contributed by atoms with van der Waals surface area (Å²) in [5, 5.41) is 9.94. The van der Waals surface area contributed by atoms with E-state index < -0.39 is 17.3 Å². The van der Waals surface area contributed by atoms with Crippen LogP contribution in [0.15, 0.2) is 29.2 Å². The molecule has 7 heteroatoms. The minimum absolute atomic E-state index is 0.112. The lowest BCUT2D eigenvalue weighted by molar-refractivity contribution is 0.0131. The first-order chi connectivity index (χ1) is 12.1. The van der Waals surface area contributed by atoms with E-state index in [4.69, 9.17) is 4.74 Å². The molecule has 7 nitrogen and oxygen atoms in total. The van der Waals surface area contributed by atoms with Gasteiger partial charge in [0, 0.05) is 6.20 Å². The highest BCUT2D eigenvalue weighted by atomic mass is 16.5. The number of H-pyrrole nitrogens is 1. The molecule has 2 aromatic heterocycles. The van der Waals surface area contributed by atoms with E-state index in [9.17, 15) is 14.7 Å². The van der Waals surface area contributed by atoms with Gasteiger partial charge in [-0.05, 0) is 37.8 Å². The summed E-state index contributed by atoms with van der Waals surface area (Å²) in [6.45, 7) is 1.85. The van der Waals surface area contributed by atoms with Crippen LogP contribution in [-0.2, 0) is 4.74 Å². The number of nitrogens with zero attached hydrogens (tertiary/aromatic N) is 2. The summed E-state index contributed by atoms with van der Waals surface area (Å²) >= 11 is 0. The van der Waals surface area contributed by atoms with Crippen LogP contribution in [0.4, 0.5) is 0 Å². The van der Waals surface area contributed by atoms with Gasteiger partial charge in [0.1, 0.15) is 11.8 Å². The molecule has 0 aliphatic heterocycles. The molecule has 0 spiro atoms. The van der Waals surface area contributed by atoms with Gasteiger partial charge >= 0.3 is 5.97 Å². The van der Waals surface area contributed by atoms with Gasteiger partial charge in [0.25, 0.3) is 5.56 Å². The maximum absolute atomic E-state index is 12.4. The topological polar surface area (TPSA) is 105 Å². The Morgan fingerprint density at radius 2 is 2.08 bits per heavy atom. The van der Waals surface area contributed by atoms with Gasteiger partial charge < -0.3 is 14.8 Å². The minimum Gasteiger partial charge on any atom is -0.501 e. The number of aromatic nitrogens is 3. The molecule has 0 radical (unpaired) electrons. The smallest absolute Gasteiger partial charge is 0.361 e. The van der Waals surface area contributed by atoms with Crippen molar-refractivity contribution in [1.29, 1.82) is 0 Å². The molecule has 1 aliphatic carbocycles. The molecule has 2 N–H and O–H groups in total. The first kappa shape index (κ1) is 17.1. The third-order valence-corrected chi connectivity index (χ3v) is 4.60. The van der Waals surface area contributed by atoms with Crippen molar-refractivity contribution in [2.45, 2.75) is 45.1 Å². The summed E-state index contributed by atoms with van der Waals surface area (Å²) in [5.74, 6) is -1.11. The van der Waals surface area contributed by atoms with Gasteiger partial charge in [-0.15, -0.1) is 0 Å². The lowest BCUT2D eigenvalue weighted by Crippen LogP contribution is -2.27. The molecule has 3 rings (SSSR count). The normalized spacial score (nSPS) is 16.4. The Hall–Kier alpha value is -2.70. The standard InChI is InChI=1S/C18H21N3O4/c1-11(12-7-3-2-4-8-12)25-18(24)14-15(22)17(23)21-16(20-14)13-9-5-6-10-19-13/h5-6,9-12,22H,2-4,7-8H2,1H3,(H,20,21,23). The molecular formula is C18H21N3O4. The zero-order valence-electron chi connectivity index (χ0n) is 14.1. The third kappa shape index (κ3) is 3.87. The van der Waals surface area contributed by atoms with Crippen LogP contribution in [0.2, 0.25) is 0 Å². The second-order valence-electron chi connectivity index (χ2n) is 6.34. The number of ether oxygens (including phenoxy) is 1. The van der Waals surface area contributed by atoms with E-state index in [1.165, 1.54) is 6.42 Å². The van der Waals surface area contributed by atoms with Gasteiger partial charge in [-0.1, -0.05) is 25.3 Å². The first-order valence-electron chi connectivity index (χ1n) is 8.52. The predicted molar refractivity (Wildman–Crippen MR) is 91.2 cm³/mol. The molecule has 0 amide bonds. The molecule has 1 aliphatic rings. The van der Waals surface area contributed by atoms with Gasteiger partial charge in [0.05, 0.1) is 0 Å². The predicted octanol–water partition coefficient (Wildman–Crippen LogP) is 2.66. The van der Waals surface area contributed by atoms with Crippen molar-refractivity contribution in [1.82, 2.24) is 15.0 Å².